The smallest absolute Gasteiger partial charge is 0.256 e. The molecule has 0 saturated carbocycles. The summed E-state index contributed by atoms with van der Waals surface area (Å²) in [7, 11) is 0. The first-order valence-corrected chi connectivity index (χ1v) is 6.63. The minimum atomic E-state index is -0.886. The minimum Gasteiger partial charge on any atom is -0.369 e. The van der Waals surface area contributed by atoms with Crippen molar-refractivity contribution in [3.63, 3.8) is 0 Å². The molecule has 5 heteroatoms. The van der Waals surface area contributed by atoms with Gasteiger partial charge in [0.1, 0.15) is 0 Å². The molecule has 1 unspecified atom stereocenters. The second kappa shape index (κ2) is 4.75. The topological polar surface area (TPSA) is 53.4 Å². The number of fused-ring (bicyclic) bond motifs is 1. The van der Waals surface area contributed by atoms with Crippen molar-refractivity contribution in [3.8, 4) is 0 Å². The first kappa shape index (κ1) is 12.3. The average Bonchev–Trinajstić information content (AvgIpc) is 2.65. The van der Waals surface area contributed by atoms with Crippen LogP contribution in [-0.4, -0.2) is 20.9 Å². The van der Waals surface area contributed by atoms with Gasteiger partial charge in [-0.25, -0.2) is 0 Å². The molecule has 1 amide bonds. The van der Waals surface area contributed by atoms with E-state index in [4.69, 9.17) is 0 Å². The number of carbonyl (C=O) groups is 1. The summed E-state index contributed by atoms with van der Waals surface area (Å²) in [5.41, 5.74) is 2.10. The van der Waals surface area contributed by atoms with Gasteiger partial charge in [-0.05, 0) is 33.6 Å². The lowest BCUT2D eigenvalue weighted by atomic mass is 10.1. The van der Waals surface area contributed by atoms with E-state index in [2.05, 4.69) is 20.9 Å². The number of hydrogen-bond acceptors (Lipinski definition) is 3. The standard InChI is InChI=1S/C14H11BrN2O2/c15-10-5-9(6-16-7-10)8-17-13(18)11-3-1-2-4-12(11)14(17)19/h1-7,13,18H,8H2. The van der Waals surface area contributed by atoms with Crippen molar-refractivity contribution in [3.05, 3.63) is 63.9 Å². The molecule has 1 aliphatic heterocycles. The molecule has 19 heavy (non-hydrogen) atoms. The number of benzene rings is 1. The molecule has 0 fully saturated rings. The first-order chi connectivity index (χ1) is 9.16. The van der Waals surface area contributed by atoms with Gasteiger partial charge < -0.3 is 10.0 Å². The molecule has 3 rings (SSSR count). The van der Waals surface area contributed by atoms with Crippen molar-refractivity contribution in [2.24, 2.45) is 0 Å². The number of aliphatic hydroxyl groups is 1. The highest BCUT2D eigenvalue weighted by Crippen LogP contribution is 2.32. The van der Waals surface area contributed by atoms with E-state index in [0.717, 1.165) is 10.0 Å². The summed E-state index contributed by atoms with van der Waals surface area (Å²) in [4.78, 5) is 17.7. The highest BCUT2D eigenvalue weighted by atomic mass is 79.9. The maximum absolute atomic E-state index is 12.2. The zero-order chi connectivity index (χ0) is 13.4. The monoisotopic (exact) mass is 318 g/mol. The SMILES string of the molecule is O=C1c2ccccc2C(O)N1Cc1cncc(Br)c1. The van der Waals surface area contributed by atoms with E-state index < -0.39 is 6.23 Å². The molecule has 96 valence electrons. The zero-order valence-corrected chi connectivity index (χ0v) is 11.5. The van der Waals surface area contributed by atoms with Crippen LogP contribution in [0.5, 0.6) is 0 Å². The molecule has 0 radical (unpaired) electrons. The van der Waals surface area contributed by atoms with Crippen LogP contribution < -0.4 is 0 Å². The second-order valence-corrected chi connectivity index (χ2v) is 5.32. The van der Waals surface area contributed by atoms with Gasteiger partial charge in [-0.3, -0.25) is 9.78 Å². The molecular weight excluding hydrogens is 308 g/mol. The summed E-state index contributed by atoms with van der Waals surface area (Å²) in [5, 5.41) is 10.2. The maximum Gasteiger partial charge on any atom is 0.256 e. The second-order valence-electron chi connectivity index (χ2n) is 4.41. The third-order valence-corrected chi connectivity index (χ3v) is 3.57. The van der Waals surface area contributed by atoms with Crippen LogP contribution >= 0.6 is 15.9 Å². The number of nitrogens with zero attached hydrogens (tertiary/aromatic N) is 2. The molecule has 2 heterocycles. The number of hydrogen-bond donors (Lipinski definition) is 1. The fourth-order valence-corrected chi connectivity index (χ4v) is 2.66. The normalized spacial score (nSPS) is 17.7. The van der Waals surface area contributed by atoms with E-state index in [-0.39, 0.29) is 5.91 Å². The number of amides is 1. The minimum absolute atomic E-state index is 0.150. The van der Waals surface area contributed by atoms with Crippen molar-refractivity contribution in [1.82, 2.24) is 9.88 Å². The quantitative estimate of drug-likeness (QED) is 0.925. The Morgan fingerprint density at radius 1 is 1.32 bits per heavy atom. The van der Waals surface area contributed by atoms with Gasteiger partial charge in [-0.15, -0.1) is 0 Å². The molecule has 2 aromatic rings. The van der Waals surface area contributed by atoms with Gasteiger partial charge in [-0.1, -0.05) is 18.2 Å². The van der Waals surface area contributed by atoms with Crippen LogP contribution in [0.2, 0.25) is 0 Å². The van der Waals surface area contributed by atoms with Crippen molar-refractivity contribution >= 4 is 21.8 Å². The van der Waals surface area contributed by atoms with E-state index in [1.54, 1.807) is 30.6 Å². The number of halogens is 1. The Hall–Kier alpha value is -1.72. The molecule has 0 bridgehead atoms. The Balaban J connectivity index is 1.90. The Labute approximate surface area is 118 Å². The van der Waals surface area contributed by atoms with Gasteiger partial charge in [-0.2, -0.15) is 0 Å². The highest BCUT2D eigenvalue weighted by molar-refractivity contribution is 9.10. The fraction of sp³-hybridized carbons (Fsp3) is 0.143. The third-order valence-electron chi connectivity index (χ3n) is 3.14. The molecule has 0 spiro atoms. The predicted octanol–water partition coefficient (Wildman–Crippen LogP) is 2.49. The predicted molar refractivity (Wildman–Crippen MR) is 73.2 cm³/mol. The van der Waals surface area contributed by atoms with Crippen LogP contribution in [0.15, 0.2) is 47.2 Å². The van der Waals surface area contributed by atoms with Crippen LogP contribution in [-0.2, 0) is 6.54 Å². The molecule has 4 nitrogen and oxygen atoms in total. The Bertz CT molecular complexity index is 645. The van der Waals surface area contributed by atoms with Crippen LogP contribution in [0.1, 0.15) is 27.7 Å². The van der Waals surface area contributed by atoms with Crippen molar-refractivity contribution < 1.29 is 9.90 Å². The largest absolute Gasteiger partial charge is 0.369 e. The molecule has 0 saturated heterocycles. The maximum atomic E-state index is 12.2. The van der Waals surface area contributed by atoms with Crippen LogP contribution in [0.4, 0.5) is 0 Å². The Kier molecular flexibility index (Phi) is 3.08. The number of pyridine rings is 1. The summed E-state index contributed by atoms with van der Waals surface area (Å²) in [6.07, 6.45) is 2.48. The van der Waals surface area contributed by atoms with Crippen molar-refractivity contribution in [2.45, 2.75) is 12.8 Å². The van der Waals surface area contributed by atoms with Crippen molar-refractivity contribution in [2.75, 3.05) is 0 Å². The summed E-state index contributed by atoms with van der Waals surface area (Å²) in [6.45, 7) is 0.334. The average molecular weight is 319 g/mol. The number of aliphatic hydroxyl groups excluding tert-OH is 1. The van der Waals surface area contributed by atoms with Crippen LogP contribution in [0.3, 0.4) is 0 Å². The molecule has 1 N–H and O–H groups in total. The highest BCUT2D eigenvalue weighted by Gasteiger charge is 2.34. The van der Waals surface area contributed by atoms with E-state index >= 15 is 0 Å². The van der Waals surface area contributed by atoms with Gasteiger partial charge in [0.2, 0.25) is 0 Å². The van der Waals surface area contributed by atoms with Gasteiger partial charge in [0.15, 0.2) is 6.23 Å². The lowest BCUT2D eigenvalue weighted by Gasteiger charge is -2.20. The lowest BCUT2D eigenvalue weighted by Crippen LogP contribution is -2.27. The summed E-state index contributed by atoms with van der Waals surface area (Å²) < 4.78 is 0.851. The van der Waals surface area contributed by atoms with Gasteiger partial charge >= 0.3 is 0 Å². The molecular formula is C14H11BrN2O2. The van der Waals surface area contributed by atoms with Crippen LogP contribution in [0, 0.1) is 0 Å². The molecule has 1 atom stereocenters. The van der Waals surface area contributed by atoms with E-state index in [1.165, 1.54) is 4.90 Å². The van der Waals surface area contributed by atoms with E-state index in [1.807, 2.05) is 12.1 Å². The molecule has 1 aromatic carbocycles. The fourth-order valence-electron chi connectivity index (χ4n) is 2.25. The van der Waals surface area contributed by atoms with Gasteiger partial charge in [0.05, 0.1) is 6.54 Å². The third kappa shape index (κ3) is 2.15. The van der Waals surface area contributed by atoms with Gasteiger partial charge in [0, 0.05) is 28.0 Å². The number of rotatable bonds is 2. The molecule has 1 aromatic heterocycles. The first-order valence-electron chi connectivity index (χ1n) is 5.84. The zero-order valence-electron chi connectivity index (χ0n) is 9.95. The van der Waals surface area contributed by atoms with Crippen molar-refractivity contribution in [1.29, 1.82) is 0 Å². The Morgan fingerprint density at radius 2 is 2.11 bits per heavy atom. The summed E-state index contributed by atoms with van der Waals surface area (Å²) >= 11 is 3.34. The Morgan fingerprint density at radius 3 is 2.84 bits per heavy atom. The lowest BCUT2D eigenvalue weighted by molar-refractivity contribution is 0.0137. The summed E-state index contributed by atoms with van der Waals surface area (Å²) in [5.74, 6) is -0.150. The molecule has 1 aliphatic rings. The number of aromatic nitrogens is 1. The van der Waals surface area contributed by atoms with Crippen LogP contribution in [0.25, 0.3) is 0 Å². The van der Waals surface area contributed by atoms with E-state index in [0.29, 0.717) is 17.7 Å². The number of carbonyl (C=O) groups excluding carboxylic acids is 1. The molecule has 0 aliphatic carbocycles. The van der Waals surface area contributed by atoms with E-state index in [9.17, 15) is 9.90 Å². The summed E-state index contributed by atoms with van der Waals surface area (Å²) in [6, 6.07) is 9.01. The van der Waals surface area contributed by atoms with Gasteiger partial charge in [0.25, 0.3) is 5.91 Å².